The SMILES string of the molecule is O=C(N[C@@H]1CCCC[C@H]1NC(=O)[C@H]1CCCN(C(=O)c2ccc(F)cc2)C1)c1ccccc1. The molecule has 4 rings (SSSR count). The van der Waals surface area contributed by atoms with E-state index in [9.17, 15) is 18.8 Å². The van der Waals surface area contributed by atoms with Crippen molar-refractivity contribution in [2.45, 2.75) is 50.6 Å². The number of carbonyl (C=O) groups excluding carboxylic acids is 3. The van der Waals surface area contributed by atoms with Gasteiger partial charge in [-0.3, -0.25) is 14.4 Å². The summed E-state index contributed by atoms with van der Waals surface area (Å²) >= 11 is 0. The third kappa shape index (κ3) is 5.78. The van der Waals surface area contributed by atoms with Gasteiger partial charge < -0.3 is 15.5 Å². The summed E-state index contributed by atoms with van der Waals surface area (Å²) in [6, 6.07) is 14.3. The van der Waals surface area contributed by atoms with E-state index in [4.69, 9.17) is 0 Å². The van der Waals surface area contributed by atoms with Gasteiger partial charge in [0, 0.05) is 36.3 Å². The van der Waals surface area contributed by atoms with Crippen molar-refractivity contribution < 1.29 is 18.8 Å². The average molecular weight is 452 g/mol. The van der Waals surface area contributed by atoms with Crippen LogP contribution in [-0.2, 0) is 4.79 Å². The molecule has 1 aliphatic heterocycles. The van der Waals surface area contributed by atoms with Crippen LogP contribution in [0, 0.1) is 11.7 Å². The van der Waals surface area contributed by atoms with Crippen molar-refractivity contribution >= 4 is 17.7 Å². The maximum Gasteiger partial charge on any atom is 0.253 e. The molecule has 7 heteroatoms. The Hall–Kier alpha value is -3.22. The van der Waals surface area contributed by atoms with E-state index in [0.29, 0.717) is 30.6 Å². The van der Waals surface area contributed by atoms with E-state index < -0.39 is 0 Å². The molecular formula is C26H30FN3O3. The number of carbonyl (C=O) groups is 3. The molecule has 3 atom stereocenters. The van der Waals surface area contributed by atoms with Crippen LogP contribution in [-0.4, -0.2) is 47.8 Å². The van der Waals surface area contributed by atoms with Crippen LogP contribution >= 0.6 is 0 Å². The zero-order valence-electron chi connectivity index (χ0n) is 18.6. The summed E-state index contributed by atoms with van der Waals surface area (Å²) in [5.74, 6) is -1.06. The molecule has 2 aromatic carbocycles. The predicted octanol–water partition coefficient (Wildman–Crippen LogP) is 3.54. The van der Waals surface area contributed by atoms with Gasteiger partial charge in [-0.05, 0) is 62.1 Å². The lowest BCUT2D eigenvalue weighted by molar-refractivity contribution is -0.127. The quantitative estimate of drug-likeness (QED) is 0.730. The van der Waals surface area contributed by atoms with Crippen LogP contribution in [0.3, 0.4) is 0 Å². The van der Waals surface area contributed by atoms with Crippen molar-refractivity contribution in [1.29, 1.82) is 0 Å². The minimum Gasteiger partial charge on any atom is -0.351 e. The Morgan fingerprint density at radius 3 is 2.15 bits per heavy atom. The lowest BCUT2D eigenvalue weighted by Crippen LogP contribution is -2.55. The first kappa shape index (κ1) is 23.0. The van der Waals surface area contributed by atoms with Crippen LogP contribution in [0.4, 0.5) is 4.39 Å². The second-order valence-electron chi connectivity index (χ2n) is 8.94. The van der Waals surface area contributed by atoms with Crippen LogP contribution in [0.15, 0.2) is 54.6 Å². The molecule has 2 aliphatic rings. The van der Waals surface area contributed by atoms with Crippen molar-refractivity contribution in [3.8, 4) is 0 Å². The molecule has 3 amide bonds. The number of nitrogens with one attached hydrogen (secondary N) is 2. The van der Waals surface area contributed by atoms with Gasteiger partial charge in [0.15, 0.2) is 0 Å². The monoisotopic (exact) mass is 451 g/mol. The maximum absolute atomic E-state index is 13.2. The van der Waals surface area contributed by atoms with Crippen molar-refractivity contribution in [2.24, 2.45) is 5.92 Å². The van der Waals surface area contributed by atoms with E-state index in [1.807, 2.05) is 18.2 Å². The Morgan fingerprint density at radius 1 is 0.788 bits per heavy atom. The van der Waals surface area contributed by atoms with Crippen LogP contribution in [0.1, 0.15) is 59.2 Å². The molecule has 1 saturated carbocycles. The molecule has 6 nitrogen and oxygen atoms in total. The van der Waals surface area contributed by atoms with Gasteiger partial charge in [0.1, 0.15) is 5.82 Å². The van der Waals surface area contributed by atoms with Crippen molar-refractivity contribution in [2.75, 3.05) is 13.1 Å². The van der Waals surface area contributed by atoms with Gasteiger partial charge in [0.2, 0.25) is 5.91 Å². The summed E-state index contributed by atoms with van der Waals surface area (Å²) in [6.45, 7) is 0.926. The topological polar surface area (TPSA) is 78.5 Å². The Morgan fingerprint density at radius 2 is 1.45 bits per heavy atom. The molecule has 0 aromatic heterocycles. The van der Waals surface area contributed by atoms with Crippen LogP contribution < -0.4 is 10.6 Å². The summed E-state index contributed by atoms with van der Waals surface area (Å²) in [6.07, 6.45) is 5.11. The molecule has 33 heavy (non-hydrogen) atoms. The number of nitrogens with zero attached hydrogens (tertiary/aromatic N) is 1. The van der Waals surface area contributed by atoms with Gasteiger partial charge in [-0.15, -0.1) is 0 Å². The van der Waals surface area contributed by atoms with Crippen LogP contribution in [0.5, 0.6) is 0 Å². The minimum atomic E-state index is -0.385. The fraction of sp³-hybridized carbons (Fsp3) is 0.423. The van der Waals surface area contributed by atoms with Gasteiger partial charge in [-0.25, -0.2) is 4.39 Å². The maximum atomic E-state index is 13.2. The van der Waals surface area contributed by atoms with Gasteiger partial charge in [-0.1, -0.05) is 31.0 Å². The second kappa shape index (κ2) is 10.6. The Bertz CT molecular complexity index is 980. The molecule has 0 radical (unpaired) electrons. The normalized spacial score (nSPS) is 22.9. The molecule has 1 aliphatic carbocycles. The van der Waals surface area contributed by atoms with E-state index in [0.717, 1.165) is 32.1 Å². The van der Waals surface area contributed by atoms with E-state index >= 15 is 0 Å². The van der Waals surface area contributed by atoms with Crippen molar-refractivity contribution in [3.63, 3.8) is 0 Å². The smallest absolute Gasteiger partial charge is 0.253 e. The summed E-state index contributed by atoms with van der Waals surface area (Å²) < 4.78 is 13.2. The molecule has 2 fully saturated rings. The number of hydrogen-bond acceptors (Lipinski definition) is 3. The number of amides is 3. The van der Waals surface area contributed by atoms with Gasteiger partial charge >= 0.3 is 0 Å². The number of piperidine rings is 1. The highest BCUT2D eigenvalue weighted by molar-refractivity contribution is 5.95. The predicted molar refractivity (Wildman–Crippen MR) is 123 cm³/mol. The number of benzene rings is 2. The third-order valence-electron chi connectivity index (χ3n) is 6.62. The summed E-state index contributed by atoms with van der Waals surface area (Å²) in [4.78, 5) is 40.2. The van der Waals surface area contributed by atoms with Gasteiger partial charge in [0.05, 0.1) is 5.92 Å². The van der Waals surface area contributed by atoms with Crippen LogP contribution in [0.25, 0.3) is 0 Å². The Balaban J connectivity index is 1.36. The molecular weight excluding hydrogens is 421 g/mol. The zero-order valence-corrected chi connectivity index (χ0v) is 18.6. The molecule has 1 saturated heterocycles. The van der Waals surface area contributed by atoms with E-state index in [2.05, 4.69) is 10.6 Å². The van der Waals surface area contributed by atoms with E-state index in [1.165, 1.54) is 24.3 Å². The number of likely N-dealkylation sites (tertiary alicyclic amines) is 1. The van der Waals surface area contributed by atoms with Crippen molar-refractivity contribution in [3.05, 3.63) is 71.5 Å². The van der Waals surface area contributed by atoms with Crippen molar-refractivity contribution in [1.82, 2.24) is 15.5 Å². The summed E-state index contributed by atoms with van der Waals surface area (Å²) in [5, 5.41) is 6.26. The second-order valence-corrected chi connectivity index (χ2v) is 8.94. The molecule has 174 valence electrons. The third-order valence-corrected chi connectivity index (χ3v) is 6.62. The Kier molecular flexibility index (Phi) is 7.37. The van der Waals surface area contributed by atoms with Gasteiger partial charge in [-0.2, -0.15) is 0 Å². The lowest BCUT2D eigenvalue weighted by Gasteiger charge is -2.36. The first-order valence-corrected chi connectivity index (χ1v) is 11.7. The fourth-order valence-electron chi connectivity index (χ4n) is 4.77. The first-order valence-electron chi connectivity index (χ1n) is 11.7. The number of halogens is 1. The number of hydrogen-bond donors (Lipinski definition) is 2. The Labute approximate surface area is 193 Å². The summed E-state index contributed by atoms with van der Waals surface area (Å²) in [5.41, 5.74) is 1.03. The highest BCUT2D eigenvalue weighted by Crippen LogP contribution is 2.23. The lowest BCUT2D eigenvalue weighted by atomic mass is 9.88. The van der Waals surface area contributed by atoms with Crippen LogP contribution in [0.2, 0.25) is 0 Å². The minimum absolute atomic E-state index is 0.0718. The molecule has 1 heterocycles. The molecule has 0 bridgehead atoms. The largest absolute Gasteiger partial charge is 0.351 e. The fourth-order valence-corrected chi connectivity index (χ4v) is 4.77. The molecule has 2 aromatic rings. The number of rotatable bonds is 5. The molecule has 2 N–H and O–H groups in total. The highest BCUT2D eigenvalue weighted by atomic mass is 19.1. The van der Waals surface area contributed by atoms with E-state index in [-0.39, 0.29) is 41.5 Å². The van der Waals surface area contributed by atoms with Gasteiger partial charge in [0.25, 0.3) is 11.8 Å². The first-order chi connectivity index (χ1) is 16.0. The highest BCUT2D eigenvalue weighted by Gasteiger charge is 2.33. The molecule has 0 spiro atoms. The molecule has 0 unspecified atom stereocenters. The standard InChI is InChI=1S/C26H30FN3O3/c27-21-14-12-19(13-15-21)26(33)30-16-6-9-20(17-30)25(32)29-23-11-5-4-10-22(23)28-24(31)18-7-2-1-3-8-18/h1-3,7-8,12-15,20,22-23H,4-6,9-11,16-17H2,(H,28,31)(H,29,32)/t20-,22+,23+/m0/s1. The summed E-state index contributed by atoms with van der Waals surface area (Å²) in [7, 11) is 0. The average Bonchev–Trinajstić information content (AvgIpc) is 2.86. The zero-order chi connectivity index (χ0) is 23.2. The van der Waals surface area contributed by atoms with E-state index in [1.54, 1.807) is 17.0 Å².